The number of ether oxygens (including phenoxy) is 1. The Kier molecular flexibility index (Phi) is 2.43. The summed E-state index contributed by atoms with van der Waals surface area (Å²) < 4.78 is 4.85. The zero-order valence-electron chi connectivity index (χ0n) is 9.95. The van der Waals surface area contributed by atoms with Crippen LogP contribution in [-0.4, -0.2) is 29.1 Å². The van der Waals surface area contributed by atoms with Crippen LogP contribution in [0.2, 0.25) is 0 Å². The molecule has 1 aromatic rings. The number of rotatable bonds is 1. The van der Waals surface area contributed by atoms with Crippen LogP contribution < -0.4 is 5.32 Å². The smallest absolute Gasteiger partial charge is 0.323 e. The number of carbonyl (C=O) groups excluding carboxylic acids is 1. The highest BCUT2D eigenvalue weighted by Crippen LogP contribution is 2.41. The third-order valence-corrected chi connectivity index (χ3v) is 3.97. The minimum absolute atomic E-state index is 0.105. The number of carbonyl (C=O) groups is 1. The number of imidazole rings is 1. The summed E-state index contributed by atoms with van der Waals surface area (Å²) >= 11 is 0. The van der Waals surface area contributed by atoms with Gasteiger partial charge in [-0.15, -0.1) is 0 Å². The number of hydrogen-bond donors (Lipinski definition) is 2. The summed E-state index contributed by atoms with van der Waals surface area (Å²) in [7, 11) is 1.44. The van der Waals surface area contributed by atoms with Crippen LogP contribution in [0.4, 0.5) is 0 Å². The van der Waals surface area contributed by atoms with Crippen molar-refractivity contribution in [1.29, 1.82) is 0 Å². The molecule has 1 fully saturated rings. The SMILES string of the molecule is COC(=O)C1Cc2[nH]cnc2C2(CCCC2)N1. The van der Waals surface area contributed by atoms with Gasteiger partial charge in [0.05, 0.1) is 24.7 Å². The molecule has 1 spiro atoms. The van der Waals surface area contributed by atoms with Crippen molar-refractivity contribution in [1.82, 2.24) is 15.3 Å². The molecule has 1 aliphatic carbocycles. The monoisotopic (exact) mass is 235 g/mol. The minimum Gasteiger partial charge on any atom is -0.468 e. The first kappa shape index (κ1) is 10.8. The summed E-state index contributed by atoms with van der Waals surface area (Å²) in [6.07, 6.45) is 6.85. The van der Waals surface area contributed by atoms with Crippen molar-refractivity contribution in [2.24, 2.45) is 0 Å². The second-order valence-corrected chi connectivity index (χ2v) is 4.94. The Balaban J connectivity index is 1.97. The third kappa shape index (κ3) is 1.57. The predicted octanol–water partition coefficient (Wildman–Crippen LogP) is 0.866. The summed E-state index contributed by atoms with van der Waals surface area (Å²) in [4.78, 5) is 19.3. The Hall–Kier alpha value is -1.36. The van der Waals surface area contributed by atoms with Crippen molar-refractivity contribution in [3.05, 3.63) is 17.7 Å². The van der Waals surface area contributed by atoms with Gasteiger partial charge in [0.15, 0.2) is 0 Å². The number of methoxy groups -OCH3 is 1. The van der Waals surface area contributed by atoms with Crippen LogP contribution in [0.25, 0.3) is 0 Å². The molecule has 1 atom stereocenters. The summed E-state index contributed by atoms with van der Waals surface area (Å²) in [5, 5.41) is 3.46. The Bertz CT molecular complexity index is 435. The first-order valence-electron chi connectivity index (χ1n) is 6.13. The average Bonchev–Trinajstić information content (AvgIpc) is 2.97. The van der Waals surface area contributed by atoms with Crippen molar-refractivity contribution in [2.45, 2.75) is 43.7 Å². The normalized spacial score (nSPS) is 25.8. The van der Waals surface area contributed by atoms with Crippen LogP contribution in [0, 0.1) is 0 Å². The first-order valence-corrected chi connectivity index (χ1v) is 6.13. The van der Waals surface area contributed by atoms with E-state index in [0.717, 1.165) is 24.2 Å². The van der Waals surface area contributed by atoms with Gasteiger partial charge in [-0.05, 0) is 12.8 Å². The summed E-state index contributed by atoms with van der Waals surface area (Å²) in [6.45, 7) is 0. The standard InChI is InChI=1S/C12H17N3O2/c1-17-11(16)9-6-8-10(14-7-13-8)12(15-9)4-2-3-5-12/h7,9,15H,2-6H2,1H3,(H,13,14). The first-order chi connectivity index (χ1) is 8.25. The molecule has 1 aliphatic heterocycles. The van der Waals surface area contributed by atoms with Crippen LogP contribution in [0.3, 0.4) is 0 Å². The second-order valence-electron chi connectivity index (χ2n) is 4.94. The maximum atomic E-state index is 11.7. The van der Waals surface area contributed by atoms with Crippen LogP contribution in [0.1, 0.15) is 37.1 Å². The van der Waals surface area contributed by atoms with Gasteiger partial charge >= 0.3 is 5.97 Å². The van der Waals surface area contributed by atoms with E-state index in [9.17, 15) is 4.79 Å². The van der Waals surface area contributed by atoms with Crippen molar-refractivity contribution in [3.8, 4) is 0 Å². The lowest BCUT2D eigenvalue weighted by atomic mass is 9.85. The van der Waals surface area contributed by atoms with E-state index >= 15 is 0 Å². The molecule has 17 heavy (non-hydrogen) atoms. The van der Waals surface area contributed by atoms with E-state index < -0.39 is 0 Å². The molecule has 1 unspecified atom stereocenters. The fraction of sp³-hybridized carbons (Fsp3) is 0.667. The van der Waals surface area contributed by atoms with Crippen molar-refractivity contribution in [2.75, 3.05) is 7.11 Å². The molecule has 5 nitrogen and oxygen atoms in total. The largest absolute Gasteiger partial charge is 0.468 e. The van der Waals surface area contributed by atoms with Crippen molar-refractivity contribution < 1.29 is 9.53 Å². The number of hydrogen-bond acceptors (Lipinski definition) is 4. The van der Waals surface area contributed by atoms with Gasteiger partial charge in [-0.1, -0.05) is 12.8 Å². The van der Waals surface area contributed by atoms with Crippen LogP contribution in [-0.2, 0) is 21.5 Å². The Morgan fingerprint density at radius 2 is 2.29 bits per heavy atom. The Morgan fingerprint density at radius 3 is 3.00 bits per heavy atom. The van der Waals surface area contributed by atoms with Gasteiger partial charge in [-0.25, -0.2) is 4.98 Å². The molecule has 3 rings (SSSR count). The highest BCUT2D eigenvalue weighted by Gasteiger charge is 2.45. The fourth-order valence-electron chi connectivity index (χ4n) is 3.19. The maximum Gasteiger partial charge on any atom is 0.323 e. The van der Waals surface area contributed by atoms with Gasteiger partial charge in [0.2, 0.25) is 0 Å². The fourth-order valence-corrected chi connectivity index (χ4v) is 3.19. The van der Waals surface area contributed by atoms with E-state index in [1.165, 1.54) is 20.0 Å². The number of esters is 1. The van der Waals surface area contributed by atoms with Crippen LogP contribution in [0.15, 0.2) is 6.33 Å². The number of nitrogens with one attached hydrogen (secondary N) is 2. The van der Waals surface area contributed by atoms with Gasteiger partial charge in [0.1, 0.15) is 6.04 Å². The van der Waals surface area contributed by atoms with Gasteiger partial charge in [0, 0.05) is 12.1 Å². The molecular formula is C12H17N3O2. The lowest BCUT2D eigenvalue weighted by molar-refractivity contribution is -0.144. The molecule has 2 aliphatic rings. The molecule has 1 saturated carbocycles. The predicted molar refractivity (Wildman–Crippen MR) is 61.4 cm³/mol. The van der Waals surface area contributed by atoms with Gasteiger partial charge in [-0.2, -0.15) is 0 Å². The molecule has 5 heteroatoms. The van der Waals surface area contributed by atoms with Gasteiger partial charge in [-0.3, -0.25) is 10.1 Å². The Morgan fingerprint density at radius 1 is 1.53 bits per heavy atom. The zero-order chi connectivity index (χ0) is 11.9. The molecule has 0 radical (unpaired) electrons. The topological polar surface area (TPSA) is 67.0 Å². The molecule has 1 aromatic heterocycles. The quantitative estimate of drug-likeness (QED) is 0.709. The molecule has 0 bridgehead atoms. The molecule has 0 amide bonds. The lowest BCUT2D eigenvalue weighted by Crippen LogP contribution is -2.54. The minimum atomic E-state index is -0.244. The number of aromatic nitrogens is 2. The summed E-state index contributed by atoms with van der Waals surface area (Å²) in [6, 6.07) is -0.244. The highest BCUT2D eigenvalue weighted by molar-refractivity contribution is 5.76. The second kappa shape index (κ2) is 3.84. The summed E-state index contributed by atoms with van der Waals surface area (Å²) in [5.41, 5.74) is 2.09. The summed E-state index contributed by atoms with van der Waals surface area (Å²) in [5.74, 6) is -0.184. The average molecular weight is 235 g/mol. The van der Waals surface area contributed by atoms with Crippen molar-refractivity contribution >= 4 is 5.97 Å². The molecular weight excluding hydrogens is 218 g/mol. The van der Waals surface area contributed by atoms with Crippen LogP contribution >= 0.6 is 0 Å². The van der Waals surface area contributed by atoms with E-state index in [0.29, 0.717) is 6.42 Å². The molecule has 2 N–H and O–H groups in total. The van der Waals surface area contributed by atoms with Gasteiger partial charge < -0.3 is 9.72 Å². The lowest BCUT2D eigenvalue weighted by Gasteiger charge is -2.37. The third-order valence-electron chi connectivity index (χ3n) is 3.97. The van der Waals surface area contributed by atoms with E-state index in [4.69, 9.17) is 4.74 Å². The number of aromatic amines is 1. The maximum absolute atomic E-state index is 11.7. The number of nitrogens with zero attached hydrogens (tertiary/aromatic N) is 1. The van der Waals surface area contributed by atoms with E-state index in [2.05, 4.69) is 15.3 Å². The van der Waals surface area contributed by atoms with Gasteiger partial charge in [0.25, 0.3) is 0 Å². The number of H-pyrrole nitrogens is 1. The zero-order valence-corrected chi connectivity index (χ0v) is 9.95. The molecule has 0 aromatic carbocycles. The molecule has 92 valence electrons. The number of fused-ring (bicyclic) bond motifs is 2. The highest BCUT2D eigenvalue weighted by atomic mass is 16.5. The molecule has 0 saturated heterocycles. The van der Waals surface area contributed by atoms with Crippen LogP contribution in [0.5, 0.6) is 0 Å². The van der Waals surface area contributed by atoms with E-state index in [-0.39, 0.29) is 17.6 Å². The molecule has 2 heterocycles. The Labute approximate surface area is 100.0 Å². The van der Waals surface area contributed by atoms with Crippen molar-refractivity contribution in [3.63, 3.8) is 0 Å². The van der Waals surface area contributed by atoms with E-state index in [1.807, 2.05) is 0 Å². The van der Waals surface area contributed by atoms with E-state index in [1.54, 1.807) is 6.33 Å².